The topological polar surface area (TPSA) is 32.3 Å². The second kappa shape index (κ2) is 16.0. The summed E-state index contributed by atoms with van der Waals surface area (Å²) in [5.41, 5.74) is 0. The predicted molar refractivity (Wildman–Crippen MR) is 85.6 cm³/mol. The zero-order valence-corrected chi connectivity index (χ0v) is 13.4. The number of likely N-dealkylation sites (N-methyl/N-ethyl adjacent to an activating group) is 1. The molecule has 0 fully saturated rings. The fraction of sp³-hybridized carbons (Fsp3) is 1.00. The molecule has 0 aromatic heterocycles. The molecule has 0 aliphatic rings. The quantitative estimate of drug-likeness (QED) is 0.425. The van der Waals surface area contributed by atoms with Crippen LogP contribution in [0.5, 0.6) is 0 Å². The van der Waals surface area contributed by atoms with E-state index in [0.717, 1.165) is 6.42 Å². The summed E-state index contributed by atoms with van der Waals surface area (Å²) in [5, 5.41) is 12.2. The van der Waals surface area contributed by atoms with Gasteiger partial charge in [-0.25, -0.2) is 0 Å². The normalized spacial score (nSPS) is 12.8. The lowest BCUT2D eigenvalue weighted by Crippen LogP contribution is -2.28. The van der Waals surface area contributed by atoms with Crippen LogP contribution in [-0.4, -0.2) is 24.8 Å². The molecule has 2 nitrogen and oxygen atoms in total. The highest BCUT2D eigenvalue weighted by molar-refractivity contribution is 4.62. The maximum Gasteiger partial charge on any atom is 0.0584 e. The van der Waals surface area contributed by atoms with E-state index in [-0.39, 0.29) is 6.61 Å². The number of nitrogens with one attached hydrogen (secondary N) is 1. The molecule has 0 rings (SSSR count). The third-order valence-corrected chi connectivity index (χ3v) is 4.03. The van der Waals surface area contributed by atoms with Gasteiger partial charge in [-0.15, -0.1) is 0 Å². The van der Waals surface area contributed by atoms with Crippen molar-refractivity contribution in [2.24, 2.45) is 0 Å². The Balaban J connectivity index is 3.02. The lowest BCUT2D eigenvalue weighted by atomic mass is 10.0. The van der Waals surface area contributed by atoms with E-state index in [1.54, 1.807) is 0 Å². The minimum atomic E-state index is 0.272. The molecule has 0 bridgehead atoms. The van der Waals surface area contributed by atoms with Crippen molar-refractivity contribution in [3.8, 4) is 0 Å². The van der Waals surface area contributed by atoms with Crippen molar-refractivity contribution < 1.29 is 5.11 Å². The van der Waals surface area contributed by atoms with Crippen LogP contribution in [0.3, 0.4) is 0 Å². The molecule has 0 heterocycles. The zero-order valence-electron chi connectivity index (χ0n) is 13.4. The molecule has 1 atom stereocenters. The first-order valence-corrected chi connectivity index (χ1v) is 8.63. The maximum absolute atomic E-state index is 9.04. The Morgan fingerprint density at radius 2 is 1.16 bits per heavy atom. The van der Waals surface area contributed by atoms with Crippen molar-refractivity contribution in [1.29, 1.82) is 0 Å². The lowest BCUT2D eigenvalue weighted by molar-refractivity contribution is 0.239. The first kappa shape index (κ1) is 18.9. The van der Waals surface area contributed by atoms with Crippen molar-refractivity contribution in [2.75, 3.05) is 13.7 Å². The average molecular weight is 271 g/mol. The van der Waals surface area contributed by atoms with Crippen LogP contribution >= 0.6 is 0 Å². The molecule has 0 aliphatic carbocycles. The van der Waals surface area contributed by atoms with Crippen molar-refractivity contribution in [1.82, 2.24) is 5.32 Å². The fourth-order valence-electron chi connectivity index (χ4n) is 2.56. The Morgan fingerprint density at radius 1 is 0.737 bits per heavy atom. The zero-order chi connectivity index (χ0) is 14.2. The van der Waals surface area contributed by atoms with Gasteiger partial charge in [0.15, 0.2) is 0 Å². The average Bonchev–Trinajstić information content (AvgIpc) is 2.44. The highest BCUT2D eigenvalue weighted by Crippen LogP contribution is 2.12. The predicted octanol–water partition coefficient (Wildman–Crippen LogP) is 4.66. The summed E-state index contributed by atoms with van der Waals surface area (Å²) in [5.74, 6) is 0. The van der Waals surface area contributed by atoms with E-state index in [4.69, 9.17) is 5.11 Å². The van der Waals surface area contributed by atoms with Crippen LogP contribution in [0.1, 0.15) is 90.4 Å². The van der Waals surface area contributed by atoms with Gasteiger partial charge in [-0.3, -0.25) is 0 Å². The van der Waals surface area contributed by atoms with E-state index in [0.29, 0.717) is 6.04 Å². The minimum absolute atomic E-state index is 0.272. The molecular formula is C17H37NO. The second-order valence-corrected chi connectivity index (χ2v) is 5.85. The summed E-state index contributed by atoms with van der Waals surface area (Å²) < 4.78 is 0. The summed E-state index contributed by atoms with van der Waals surface area (Å²) in [7, 11) is 1.93. The third-order valence-electron chi connectivity index (χ3n) is 4.03. The number of hydrogen-bond donors (Lipinski definition) is 2. The summed E-state index contributed by atoms with van der Waals surface area (Å²) in [6.07, 6.45) is 17.9. The summed E-state index contributed by atoms with van der Waals surface area (Å²) in [6.45, 7) is 2.55. The second-order valence-electron chi connectivity index (χ2n) is 5.85. The number of rotatable bonds is 15. The van der Waals surface area contributed by atoms with Crippen LogP contribution in [0.15, 0.2) is 0 Å². The number of hydrogen-bond acceptors (Lipinski definition) is 2. The Morgan fingerprint density at radius 3 is 1.53 bits per heavy atom. The number of aliphatic hydroxyl groups is 1. The van der Waals surface area contributed by atoms with Crippen LogP contribution < -0.4 is 5.32 Å². The Labute approximate surface area is 121 Å². The highest BCUT2D eigenvalue weighted by atomic mass is 16.3. The molecule has 0 amide bonds. The highest BCUT2D eigenvalue weighted by Gasteiger charge is 2.02. The molecule has 0 saturated carbocycles. The van der Waals surface area contributed by atoms with Crippen LogP contribution in [0.4, 0.5) is 0 Å². The Hall–Kier alpha value is -0.0800. The van der Waals surface area contributed by atoms with Gasteiger partial charge < -0.3 is 10.4 Å². The van der Waals surface area contributed by atoms with Gasteiger partial charge in [-0.05, 0) is 13.5 Å². The lowest BCUT2D eigenvalue weighted by Gasteiger charge is -2.12. The smallest absolute Gasteiger partial charge is 0.0584 e. The molecule has 2 heteroatoms. The number of aliphatic hydroxyl groups excluding tert-OH is 1. The molecular weight excluding hydrogens is 234 g/mol. The van der Waals surface area contributed by atoms with Gasteiger partial charge >= 0.3 is 0 Å². The summed E-state index contributed by atoms with van der Waals surface area (Å²) in [6, 6.07) is 0.308. The molecule has 0 aromatic carbocycles. The molecule has 0 aromatic rings. The minimum Gasteiger partial charge on any atom is -0.395 e. The van der Waals surface area contributed by atoms with Crippen LogP contribution in [0.25, 0.3) is 0 Å². The maximum atomic E-state index is 9.04. The fourth-order valence-corrected chi connectivity index (χ4v) is 2.56. The van der Waals surface area contributed by atoms with E-state index in [2.05, 4.69) is 12.2 Å². The third kappa shape index (κ3) is 14.1. The van der Waals surface area contributed by atoms with E-state index in [1.807, 2.05) is 7.05 Å². The molecule has 1 unspecified atom stereocenters. The SMILES string of the molecule is CCCCCCCCCCCCCCC(CO)NC. The Kier molecular flexibility index (Phi) is 15.9. The number of unbranched alkanes of at least 4 members (excludes halogenated alkanes) is 11. The van der Waals surface area contributed by atoms with Crippen molar-refractivity contribution >= 4 is 0 Å². The molecule has 19 heavy (non-hydrogen) atoms. The molecule has 0 saturated heterocycles. The first-order valence-electron chi connectivity index (χ1n) is 8.63. The van der Waals surface area contributed by atoms with E-state index in [9.17, 15) is 0 Å². The largest absolute Gasteiger partial charge is 0.395 e. The monoisotopic (exact) mass is 271 g/mol. The van der Waals surface area contributed by atoms with E-state index >= 15 is 0 Å². The van der Waals surface area contributed by atoms with E-state index in [1.165, 1.54) is 77.0 Å². The van der Waals surface area contributed by atoms with Crippen molar-refractivity contribution in [2.45, 2.75) is 96.4 Å². The van der Waals surface area contributed by atoms with E-state index < -0.39 is 0 Å². The molecule has 0 aliphatic heterocycles. The Bertz CT molecular complexity index is 157. The van der Waals surface area contributed by atoms with Gasteiger partial charge in [0.1, 0.15) is 0 Å². The van der Waals surface area contributed by atoms with Gasteiger partial charge in [-0.2, -0.15) is 0 Å². The first-order chi connectivity index (χ1) is 9.35. The van der Waals surface area contributed by atoms with Gasteiger partial charge in [-0.1, -0.05) is 84.0 Å². The van der Waals surface area contributed by atoms with Gasteiger partial charge in [0.25, 0.3) is 0 Å². The van der Waals surface area contributed by atoms with Gasteiger partial charge in [0.2, 0.25) is 0 Å². The van der Waals surface area contributed by atoms with Gasteiger partial charge in [0, 0.05) is 6.04 Å². The summed E-state index contributed by atoms with van der Waals surface area (Å²) >= 11 is 0. The molecule has 0 spiro atoms. The van der Waals surface area contributed by atoms with Crippen LogP contribution in [-0.2, 0) is 0 Å². The standard InChI is InChI=1S/C17H37NO/c1-3-4-5-6-7-8-9-10-11-12-13-14-15-17(16-19)18-2/h17-19H,3-16H2,1-2H3. The summed E-state index contributed by atoms with van der Waals surface area (Å²) in [4.78, 5) is 0. The van der Waals surface area contributed by atoms with Crippen LogP contribution in [0, 0.1) is 0 Å². The van der Waals surface area contributed by atoms with Crippen molar-refractivity contribution in [3.05, 3.63) is 0 Å². The molecule has 2 N–H and O–H groups in total. The van der Waals surface area contributed by atoms with Crippen LogP contribution in [0.2, 0.25) is 0 Å². The van der Waals surface area contributed by atoms with Crippen molar-refractivity contribution in [3.63, 3.8) is 0 Å². The van der Waals surface area contributed by atoms with Gasteiger partial charge in [0.05, 0.1) is 6.61 Å². The molecule has 116 valence electrons. The molecule has 0 radical (unpaired) electrons.